The van der Waals surface area contributed by atoms with Crippen LogP contribution in [0.25, 0.3) is 16.6 Å². The zero-order valence-corrected chi connectivity index (χ0v) is 14.3. The van der Waals surface area contributed by atoms with Gasteiger partial charge in [0.05, 0.1) is 11.3 Å². The van der Waals surface area contributed by atoms with Gasteiger partial charge in [-0.25, -0.2) is 4.68 Å². The van der Waals surface area contributed by atoms with Crippen molar-refractivity contribution >= 4 is 28.4 Å². The molecule has 0 aliphatic heterocycles. The van der Waals surface area contributed by atoms with E-state index in [-0.39, 0.29) is 11.8 Å². The zero-order valence-electron chi connectivity index (χ0n) is 14.3. The fourth-order valence-electron chi connectivity index (χ4n) is 3.51. The Balaban J connectivity index is 1.57. The number of nitrogens with one attached hydrogen (secondary N) is 1. The van der Waals surface area contributed by atoms with Gasteiger partial charge >= 0.3 is 0 Å². The monoisotopic (exact) mass is 348 g/mol. The molecular weight excluding hydrogens is 328 g/mol. The molecule has 0 spiro atoms. The third kappa shape index (κ3) is 3.06. The van der Waals surface area contributed by atoms with Gasteiger partial charge < -0.3 is 11.1 Å². The van der Waals surface area contributed by atoms with E-state index in [1.807, 2.05) is 36.5 Å². The van der Waals surface area contributed by atoms with Crippen LogP contribution in [0.4, 0.5) is 5.69 Å². The number of benzene rings is 2. The summed E-state index contributed by atoms with van der Waals surface area (Å²) in [6.45, 7) is 0. The smallest absolute Gasteiger partial charge is 0.250 e. The van der Waals surface area contributed by atoms with Crippen molar-refractivity contribution in [3.63, 3.8) is 0 Å². The second-order valence-corrected chi connectivity index (χ2v) is 6.70. The number of rotatable bonds is 4. The number of aromatic nitrogens is 2. The van der Waals surface area contributed by atoms with Crippen LogP contribution >= 0.6 is 0 Å². The normalized spacial score (nSPS) is 14.6. The summed E-state index contributed by atoms with van der Waals surface area (Å²) in [6.07, 6.45) is 6.08. The summed E-state index contributed by atoms with van der Waals surface area (Å²) in [6, 6.07) is 12.9. The number of nitrogens with zero attached hydrogens (tertiary/aromatic N) is 2. The van der Waals surface area contributed by atoms with E-state index < -0.39 is 5.91 Å². The summed E-state index contributed by atoms with van der Waals surface area (Å²) in [5, 5.41) is 8.32. The molecule has 3 aromatic rings. The summed E-state index contributed by atoms with van der Waals surface area (Å²) < 4.78 is 1.71. The maximum Gasteiger partial charge on any atom is 0.250 e. The van der Waals surface area contributed by atoms with Crippen LogP contribution in [0, 0.1) is 5.92 Å². The SMILES string of the molecule is NC(=O)c1cccc2cn(-c3ccc(NC(=O)C4CCCC4)cc3)nc12. The van der Waals surface area contributed by atoms with Crippen molar-refractivity contribution < 1.29 is 9.59 Å². The number of amides is 2. The number of fused-ring (bicyclic) bond motifs is 1. The van der Waals surface area contributed by atoms with Crippen molar-refractivity contribution in [3.8, 4) is 5.69 Å². The first-order valence-corrected chi connectivity index (χ1v) is 8.81. The van der Waals surface area contributed by atoms with E-state index in [9.17, 15) is 9.59 Å². The topological polar surface area (TPSA) is 90.0 Å². The van der Waals surface area contributed by atoms with Crippen LogP contribution in [0.15, 0.2) is 48.7 Å². The highest BCUT2D eigenvalue weighted by Gasteiger charge is 2.22. The zero-order chi connectivity index (χ0) is 18.1. The first-order valence-electron chi connectivity index (χ1n) is 8.81. The molecule has 1 aliphatic rings. The Morgan fingerprint density at radius 2 is 1.81 bits per heavy atom. The Kier molecular flexibility index (Phi) is 4.16. The van der Waals surface area contributed by atoms with Crippen molar-refractivity contribution in [2.45, 2.75) is 25.7 Å². The van der Waals surface area contributed by atoms with E-state index in [1.54, 1.807) is 16.8 Å². The predicted molar refractivity (Wildman–Crippen MR) is 100 cm³/mol. The second-order valence-electron chi connectivity index (χ2n) is 6.70. The van der Waals surface area contributed by atoms with Crippen molar-refractivity contribution in [1.82, 2.24) is 9.78 Å². The van der Waals surface area contributed by atoms with Gasteiger partial charge in [-0.15, -0.1) is 0 Å². The Hall–Kier alpha value is -3.15. The quantitative estimate of drug-likeness (QED) is 0.758. The fourth-order valence-corrected chi connectivity index (χ4v) is 3.51. The largest absolute Gasteiger partial charge is 0.366 e. The fraction of sp³-hybridized carbons (Fsp3) is 0.250. The van der Waals surface area contributed by atoms with Crippen molar-refractivity contribution in [2.75, 3.05) is 5.32 Å². The summed E-state index contributed by atoms with van der Waals surface area (Å²) in [5.74, 6) is -0.254. The van der Waals surface area contributed by atoms with Crippen LogP contribution in [0.3, 0.4) is 0 Å². The highest BCUT2D eigenvalue weighted by Crippen LogP contribution is 2.26. The van der Waals surface area contributed by atoms with E-state index in [4.69, 9.17) is 5.73 Å². The lowest BCUT2D eigenvalue weighted by Crippen LogP contribution is -2.20. The summed E-state index contributed by atoms with van der Waals surface area (Å²) in [7, 11) is 0. The minimum Gasteiger partial charge on any atom is -0.366 e. The van der Waals surface area contributed by atoms with Gasteiger partial charge in [-0.2, -0.15) is 5.10 Å². The average Bonchev–Trinajstić information content (AvgIpc) is 3.31. The Morgan fingerprint density at radius 3 is 2.50 bits per heavy atom. The minimum atomic E-state index is -0.495. The first-order chi connectivity index (χ1) is 12.6. The second kappa shape index (κ2) is 6.63. The van der Waals surface area contributed by atoms with Crippen molar-refractivity contribution in [3.05, 3.63) is 54.2 Å². The molecule has 132 valence electrons. The molecule has 1 aliphatic carbocycles. The predicted octanol–water partition coefficient (Wildman–Crippen LogP) is 3.25. The van der Waals surface area contributed by atoms with E-state index in [0.29, 0.717) is 11.1 Å². The van der Waals surface area contributed by atoms with Gasteiger partial charge in [0.1, 0.15) is 5.52 Å². The number of nitrogens with two attached hydrogens (primary N) is 1. The molecule has 1 fully saturated rings. The highest BCUT2D eigenvalue weighted by molar-refractivity contribution is 6.04. The van der Waals surface area contributed by atoms with Crippen LogP contribution in [-0.2, 0) is 4.79 Å². The van der Waals surface area contributed by atoms with Crippen LogP contribution in [0.1, 0.15) is 36.0 Å². The number of anilines is 1. The Labute approximate surface area is 151 Å². The molecule has 2 amide bonds. The number of hydrogen-bond acceptors (Lipinski definition) is 3. The summed E-state index contributed by atoms with van der Waals surface area (Å²) >= 11 is 0. The van der Waals surface area contributed by atoms with Gasteiger partial charge in [-0.05, 0) is 43.2 Å². The molecule has 1 aromatic heterocycles. The van der Waals surface area contributed by atoms with Gasteiger partial charge in [-0.3, -0.25) is 9.59 Å². The molecule has 6 heteroatoms. The third-order valence-electron chi connectivity index (χ3n) is 4.93. The highest BCUT2D eigenvalue weighted by atomic mass is 16.2. The van der Waals surface area contributed by atoms with Gasteiger partial charge in [0.2, 0.25) is 5.91 Å². The molecule has 26 heavy (non-hydrogen) atoms. The lowest BCUT2D eigenvalue weighted by molar-refractivity contribution is -0.119. The molecule has 0 unspecified atom stereocenters. The molecule has 3 N–H and O–H groups in total. The Bertz CT molecular complexity index is 969. The van der Waals surface area contributed by atoms with Crippen LogP contribution in [0.5, 0.6) is 0 Å². The lowest BCUT2D eigenvalue weighted by atomic mass is 10.1. The molecule has 1 heterocycles. The maximum absolute atomic E-state index is 12.2. The number of carbonyl (C=O) groups excluding carboxylic acids is 2. The molecule has 2 aromatic carbocycles. The molecule has 4 rings (SSSR count). The van der Waals surface area contributed by atoms with E-state index in [2.05, 4.69) is 10.4 Å². The minimum absolute atomic E-state index is 0.103. The Morgan fingerprint density at radius 1 is 1.08 bits per heavy atom. The molecule has 0 atom stereocenters. The molecular formula is C20H20N4O2. The number of carbonyl (C=O) groups is 2. The average molecular weight is 348 g/mol. The van der Waals surface area contributed by atoms with Gasteiger partial charge in [0.25, 0.3) is 5.91 Å². The van der Waals surface area contributed by atoms with Crippen LogP contribution in [-0.4, -0.2) is 21.6 Å². The van der Waals surface area contributed by atoms with Gasteiger partial charge in [0.15, 0.2) is 0 Å². The summed E-state index contributed by atoms with van der Waals surface area (Å²) in [4.78, 5) is 23.8. The lowest BCUT2D eigenvalue weighted by Gasteiger charge is -2.10. The number of hydrogen-bond donors (Lipinski definition) is 2. The van der Waals surface area contributed by atoms with E-state index >= 15 is 0 Å². The van der Waals surface area contributed by atoms with Crippen LogP contribution < -0.4 is 11.1 Å². The molecule has 0 saturated heterocycles. The first kappa shape index (κ1) is 16.3. The molecule has 0 bridgehead atoms. The van der Waals surface area contributed by atoms with Crippen molar-refractivity contribution in [2.24, 2.45) is 11.7 Å². The van der Waals surface area contributed by atoms with Gasteiger partial charge in [-0.1, -0.05) is 25.0 Å². The summed E-state index contributed by atoms with van der Waals surface area (Å²) in [5.41, 5.74) is 8.02. The molecule has 1 saturated carbocycles. The maximum atomic E-state index is 12.2. The van der Waals surface area contributed by atoms with Crippen LogP contribution in [0.2, 0.25) is 0 Å². The molecule has 6 nitrogen and oxygen atoms in total. The standard InChI is InChI=1S/C20H20N4O2/c21-19(25)17-7-3-6-14-12-24(23-18(14)17)16-10-8-15(9-11-16)22-20(26)13-4-1-2-5-13/h3,6-13H,1-2,4-5H2,(H2,21,25)(H,22,26). The van der Waals surface area contributed by atoms with E-state index in [1.165, 1.54) is 0 Å². The van der Waals surface area contributed by atoms with Crippen molar-refractivity contribution in [1.29, 1.82) is 0 Å². The molecule has 0 radical (unpaired) electrons. The number of primary amides is 1. The third-order valence-corrected chi connectivity index (χ3v) is 4.93. The van der Waals surface area contributed by atoms with E-state index in [0.717, 1.165) is 42.4 Å². The van der Waals surface area contributed by atoms with Gasteiger partial charge in [0, 0.05) is 23.2 Å².